The number of fused-ring (bicyclic) bond motifs is 2. The Morgan fingerprint density at radius 1 is 1.27 bits per heavy atom. The first-order valence-corrected chi connectivity index (χ1v) is 7.72. The van der Waals surface area contributed by atoms with Crippen molar-refractivity contribution >= 4 is 5.97 Å². The zero-order chi connectivity index (χ0) is 15.4. The summed E-state index contributed by atoms with van der Waals surface area (Å²) in [5, 5.41) is 11.0. The molecule has 1 N–H and O–H groups in total. The second-order valence-corrected chi connectivity index (χ2v) is 6.36. The topological polar surface area (TPSA) is 65.0 Å². The molecule has 5 heteroatoms. The molecule has 0 aromatic heterocycles. The van der Waals surface area contributed by atoms with Crippen LogP contribution < -0.4 is 0 Å². The molecule has 0 aromatic carbocycles. The molecule has 116 valence electrons. The number of carbonyl (C=O) groups excluding carboxylic acids is 1. The van der Waals surface area contributed by atoms with Gasteiger partial charge in [-0.05, 0) is 24.5 Å². The summed E-state index contributed by atoms with van der Waals surface area (Å²) in [5.74, 6) is 1.27. The third kappa shape index (κ3) is 1.88. The van der Waals surface area contributed by atoms with Crippen molar-refractivity contribution in [2.45, 2.75) is 55.7 Å². The van der Waals surface area contributed by atoms with E-state index in [4.69, 9.17) is 20.6 Å². The molecule has 1 saturated heterocycles. The second-order valence-electron chi connectivity index (χ2n) is 6.36. The van der Waals surface area contributed by atoms with Gasteiger partial charge in [-0.2, -0.15) is 0 Å². The van der Waals surface area contributed by atoms with Gasteiger partial charge in [0.25, 0.3) is 0 Å². The van der Waals surface area contributed by atoms with Gasteiger partial charge in [-0.15, -0.1) is 6.42 Å². The summed E-state index contributed by atoms with van der Waals surface area (Å²) in [6, 6.07) is 0. The SMILES string of the molecule is C#C[C@@]1(O)C2=CC(=O)OCC2=C[C@@H]2OC3(CCCCC3)O[C@@H]21. The van der Waals surface area contributed by atoms with Crippen LogP contribution in [-0.4, -0.2) is 41.3 Å². The molecule has 0 bridgehead atoms. The minimum atomic E-state index is -1.66. The lowest BCUT2D eigenvalue weighted by molar-refractivity contribution is -0.200. The highest BCUT2D eigenvalue weighted by molar-refractivity contribution is 5.86. The van der Waals surface area contributed by atoms with E-state index in [0.717, 1.165) is 32.1 Å². The first-order valence-electron chi connectivity index (χ1n) is 7.72. The third-order valence-electron chi connectivity index (χ3n) is 4.99. The molecule has 0 aromatic rings. The van der Waals surface area contributed by atoms with E-state index in [-0.39, 0.29) is 6.61 Å². The quantitative estimate of drug-likeness (QED) is 0.538. The van der Waals surface area contributed by atoms with Gasteiger partial charge in [0.05, 0.1) is 0 Å². The summed E-state index contributed by atoms with van der Waals surface area (Å²) < 4.78 is 17.3. The van der Waals surface area contributed by atoms with Crippen molar-refractivity contribution < 1.29 is 24.1 Å². The molecular weight excluding hydrogens is 284 g/mol. The van der Waals surface area contributed by atoms with Gasteiger partial charge in [0.1, 0.15) is 18.8 Å². The molecule has 4 aliphatic rings. The Labute approximate surface area is 128 Å². The van der Waals surface area contributed by atoms with E-state index in [2.05, 4.69) is 5.92 Å². The summed E-state index contributed by atoms with van der Waals surface area (Å²) in [6.07, 6.45) is 12.5. The van der Waals surface area contributed by atoms with E-state index in [1.165, 1.54) is 6.08 Å². The van der Waals surface area contributed by atoms with Crippen LogP contribution in [0, 0.1) is 12.3 Å². The zero-order valence-electron chi connectivity index (χ0n) is 12.2. The van der Waals surface area contributed by atoms with Crippen LogP contribution in [0.3, 0.4) is 0 Å². The molecule has 0 amide bonds. The van der Waals surface area contributed by atoms with E-state index in [9.17, 15) is 9.90 Å². The van der Waals surface area contributed by atoms with Crippen molar-refractivity contribution in [3.63, 3.8) is 0 Å². The van der Waals surface area contributed by atoms with Gasteiger partial charge in [-0.1, -0.05) is 12.3 Å². The molecule has 0 radical (unpaired) electrons. The van der Waals surface area contributed by atoms with Crippen LogP contribution in [0.1, 0.15) is 32.1 Å². The van der Waals surface area contributed by atoms with E-state index in [0.29, 0.717) is 11.1 Å². The Morgan fingerprint density at radius 2 is 2.05 bits per heavy atom. The largest absolute Gasteiger partial charge is 0.458 e. The van der Waals surface area contributed by atoms with E-state index in [1.54, 1.807) is 0 Å². The highest BCUT2D eigenvalue weighted by atomic mass is 16.8. The van der Waals surface area contributed by atoms with Crippen molar-refractivity contribution in [3.05, 3.63) is 23.3 Å². The number of cyclic esters (lactones) is 1. The van der Waals surface area contributed by atoms with Crippen LogP contribution in [0.2, 0.25) is 0 Å². The first kappa shape index (κ1) is 14.0. The van der Waals surface area contributed by atoms with Gasteiger partial charge < -0.3 is 19.3 Å². The summed E-state index contributed by atoms with van der Waals surface area (Å²) in [7, 11) is 0. The van der Waals surface area contributed by atoms with Gasteiger partial charge in [-0.3, -0.25) is 0 Å². The molecule has 2 fully saturated rings. The Balaban J connectivity index is 1.76. The summed E-state index contributed by atoms with van der Waals surface area (Å²) in [5.41, 5.74) is -0.545. The fraction of sp³-hybridized carbons (Fsp3) is 0.588. The average Bonchev–Trinajstić information content (AvgIpc) is 2.87. The maximum absolute atomic E-state index is 11.5. The molecule has 2 aliphatic carbocycles. The van der Waals surface area contributed by atoms with Gasteiger partial charge >= 0.3 is 5.97 Å². The number of hydrogen-bond acceptors (Lipinski definition) is 5. The van der Waals surface area contributed by atoms with Crippen molar-refractivity contribution in [2.24, 2.45) is 0 Å². The number of rotatable bonds is 0. The zero-order valence-corrected chi connectivity index (χ0v) is 12.2. The number of aliphatic hydroxyl groups is 1. The van der Waals surface area contributed by atoms with Crippen molar-refractivity contribution in [1.82, 2.24) is 0 Å². The Morgan fingerprint density at radius 3 is 2.77 bits per heavy atom. The molecule has 2 aliphatic heterocycles. The molecule has 4 rings (SSSR count). The third-order valence-corrected chi connectivity index (χ3v) is 4.99. The maximum atomic E-state index is 11.5. The smallest absolute Gasteiger partial charge is 0.331 e. The Kier molecular flexibility index (Phi) is 2.99. The molecule has 1 saturated carbocycles. The Bertz CT molecular complexity index is 619. The molecule has 3 atom stereocenters. The first-order chi connectivity index (χ1) is 10.6. The van der Waals surface area contributed by atoms with Crippen molar-refractivity contribution in [1.29, 1.82) is 0 Å². The number of hydrogen-bond donors (Lipinski definition) is 1. The molecule has 2 heterocycles. The number of carbonyl (C=O) groups is 1. The van der Waals surface area contributed by atoms with Crippen LogP contribution in [0.25, 0.3) is 0 Å². The minimum Gasteiger partial charge on any atom is -0.458 e. The van der Waals surface area contributed by atoms with Gasteiger partial charge in [0.2, 0.25) is 0 Å². The van der Waals surface area contributed by atoms with Gasteiger partial charge in [0.15, 0.2) is 11.4 Å². The predicted octanol–water partition coefficient (Wildman–Crippen LogP) is 1.22. The van der Waals surface area contributed by atoms with E-state index < -0.39 is 29.6 Å². The Hall–Kier alpha value is -1.61. The molecule has 1 spiro atoms. The van der Waals surface area contributed by atoms with Crippen LogP contribution in [0.5, 0.6) is 0 Å². The van der Waals surface area contributed by atoms with Crippen LogP contribution in [0.4, 0.5) is 0 Å². The summed E-state index contributed by atoms with van der Waals surface area (Å²) >= 11 is 0. The minimum absolute atomic E-state index is 0.105. The average molecular weight is 302 g/mol. The highest BCUT2D eigenvalue weighted by Gasteiger charge is 2.59. The lowest BCUT2D eigenvalue weighted by Gasteiger charge is -2.38. The van der Waals surface area contributed by atoms with Crippen LogP contribution >= 0.6 is 0 Å². The summed E-state index contributed by atoms with van der Waals surface area (Å²) in [6.45, 7) is 0.105. The molecular formula is C17H18O5. The van der Waals surface area contributed by atoms with Gasteiger partial charge in [-0.25, -0.2) is 4.79 Å². The van der Waals surface area contributed by atoms with Crippen molar-refractivity contribution in [2.75, 3.05) is 6.61 Å². The highest BCUT2D eigenvalue weighted by Crippen LogP contribution is 2.48. The van der Waals surface area contributed by atoms with Crippen LogP contribution in [0.15, 0.2) is 23.3 Å². The maximum Gasteiger partial charge on any atom is 0.331 e. The normalized spacial score (nSPS) is 39.2. The van der Waals surface area contributed by atoms with E-state index >= 15 is 0 Å². The monoisotopic (exact) mass is 302 g/mol. The molecule has 0 unspecified atom stereocenters. The lowest BCUT2D eigenvalue weighted by Crippen LogP contribution is -2.52. The van der Waals surface area contributed by atoms with Crippen molar-refractivity contribution in [3.8, 4) is 12.3 Å². The van der Waals surface area contributed by atoms with E-state index in [1.807, 2.05) is 6.08 Å². The summed E-state index contributed by atoms with van der Waals surface area (Å²) in [4.78, 5) is 11.5. The number of terminal acetylenes is 1. The predicted molar refractivity (Wildman–Crippen MR) is 76.5 cm³/mol. The fourth-order valence-electron chi connectivity index (χ4n) is 3.89. The molecule has 5 nitrogen and oxygen atoms in total. The standard InChI is InChI=1S/C17H18O5/c1-2-17(19)12-9-14(18)20-10-11(12)8-13-15(17)22-16(21-13)6-4-3-5-7-16/h1,8-9,13,15,19H,3-7,10H2/t13-,15-,17+/m0/s1. The van der Waals surface area contributed by atoms with Crippen LogP contribution in [-0.2, 0) is 19.0 Å². The second kappa shape index (κ2) is 4.69. The number of ether oxygens (including phenoxy) is 3. The molecule has 22 heavy (non-hydrogen) atoms. The number of esters is 1. The fourth-order valence-corrected chi connectivity index (χ4v) is 3.89. The lowest BCUT2D eigenvalue weighted by atomic mass is 9.76. The van der Waals surface area contributed by atoms with Gasteiger partial charge in [0, 0.05) is 24.5 Å².